The van der Waals surface area contributed by atoms with E-state index in [-0.39, 0.29) is 24.4 Å². The second-order valence-corrected chi connectivity index (χ2v) is 6.98. The Morgan fingerprint density at radius 2 is 1.77 bits per heavy atom. The molecule has 7 heteroatoms. The van der Waals surface area contributed by atoms with Crippen LogP contribution in [0.25, 0.3) is 0 Å². The molecule has 2 heterocycles. The van der Waals surface area contributed by atoms with E-state index in [1.54, 1.807) is 6.07 Å². The van der Waals surface area contributed by atoms with Crippen molar-refractivity contribution in [3.8, 4) is 0 Å². The summed E-state index contributed by atoms with van der Waals surface area (Å²) in [6, 6.07) is 16.8. The van der Waals surface area contributed by atoms with E-state index in [0.29, 0.717) is 6.42 Å². The summed E-state index contributed by atoms with van der Waals surface area (Å²) < 4.78 is 18.5. The molecule has 0 N–H and O–H groups in total. The Labute approximate surface area is 172 Å². The lowest BCUT2D eigenvalue weighted by atomic mass is 10.1. The van der Waals surface area contributed by atoms with E-state index >= 15 is 0 Å². The van der Waals surface area contributed by atoms with E-state index in [1.165, 1.54) is 41.5 Å². The van der Waals surface area contributed by atoms with Crippen molar-refractivity contribution in [3.05, 3.63) is 90.1 Å². The van der Waals surface area contributed by atoms with E-state index in [9.17, 15) is 18.8 Å². The molecule has 1 saturated heterocycles. The minimum atomic E-state index is -0.955. The maximum Gasteiger partial charge on any atom is 0.290 e. The average molecular weight is 406 g/mol. The fourth-order valence-corrected chi connectivity index (χ4v) is 3.56. The number of anilines is 1. The number of carbonyl (C=O) groups excluding carboxylic acids is 3. The molecule has 0 saturated carbocycles. The zero-order valence-corrected chi connectivity index (χ0v) is 16.0. The van der Waals surface area contributed by atoms with Gasteiger partial charge in [-0.2, -0.15) is 0 Å². The van der Waals surface area contributed by atoms with E-state index in [2.05, 4.69) is 0 Å². The molecule has 3 amide bonds. The Morgan fingerprint density at radius 3 is 2.43 bits per heavy atom. The molecule has 1 aliphatic heterocycles. The summed E-state index contributed by atoms with van der Waals surface area (Å²) in [5, 5.41) is 0. The molecule has 6 nitrogen and oxygen atoms in total. The van der Waals surface area contributed by atoms with Gasteiger partial charge in [0.2, 0.25) is 5.91 Å². The number of amides is 3. The fraction of sp³-hybridized carbons (Fsp3) is 0.174. The van der Waals surface area contributed by atoms with Crippen LogP contribution in [0, 0.1) is 5.82 Å². The van der Waals surface area contributed by atoms with Gasteiger partial charge in [-0.05, 0) is 48.4 Å². The molecule has 30 heavy (non-hydrogen) atoms. The van der Waals surface area contributed by atoms with Gasteiger partial charge in [0.15, 0.2) is 5.76 Å². The first-order valence-corrected chi connectivity index (χ1v) is 9.55. The largest absolute Gasteiger partial charge is 0.459 e. The Morgan fingerprint density at radius 1 is 1.03 bits per heavy atom. The minimum absolute atomic E-state index is 0.101. The molecule has 0 radical (unpaired) electrons. The molecule has 0 spiro atoms. The highest BCUT2D eigenvalue weighted by molar-refractivity contribution is 6.23. The second-order valence-electron chi connectivity index (χ2n) is 6.98. The molecule has 0 aliphatic carbocycles. The topological polar surface area (TPSA) is 70.8 Å². The van der Waals surface area contributed by atoms with Crippen LogP contribution in [0.4, 0.5) is 10.1 Å². The third-order valence-electron chi connectivity index (χ3n) is 5.06. The molecule has 1 aliphatic rings. The molecule has 1 atom stereocenters. The summed E-state index contributed by atoms with van der Waals surface area (Å²) in [5.41, 5.74) is 1.28. The second kappa shape index (κ2) is 8.32. The minimum Gasteiger partial charge on any atom is -0.459 e. The molecular weight excluding hydrogens is 387 g/mol. The van der Waals surface area contributed by atoms with Crippen molar-refractivity contribution in [2.75, 3.05) is 11.4 Å². The highest BCUT2D eigenvalue weighted by Crippen LogP contribution is 2.27. The number of nitrogens with zero attached hydrogens (tertiary/aromatic N) is 2. The van der Waals surface area contributed by atoms with Crippen LogP contribution in [-0.2, 0) is 16.0 Å². The summed E-state index contributed by atoms with van der Waals surface area (Å²) >= 11 is 0. The molecule has 2 aromatic carbocycles. The highest BCUT2D eigenvalue weighted by atomic mass is 19.1. The normalized spacial score (nSPS) is 16.2. The first-order chi connectivity index (χ1) is 14.5. The van der Waals surface area contributed by atoms with Crippen LogP contribution in [0.1, 0.15) is 22.5 Å². The molecule has 0 bridgehead atoms. The number of imide groups is 1. The number of carbonyl (C=O) groups is 3. The van der Waals surface area contributed by atoms with Crippen molar-refractivity contribution < 1.29 is 23.2 Å². The lowest BCUT2D eigenvalue weighted by Crippen LogP contribution is -2.46. The molecule has 1 aromatic heterocycles. The first kappa shape index (κ1) is 19.6. The maximum absolute atomic E-state index is 13.2. The lowest BCUT2D eigenvalue weighted by molar-refractivity contribution is -0.122. The van der Waals surface area contributed by atoms with Crippen molar-refractivity contribution in [1.29, 1.82) is 0 Å². The van der Waals surface area contributed by atoms with E-state index in [0.717, 1.165) is 10.5 Å². The quantitative estimate of drug-likeness (QED) is 0.588. The molecule has 1 unspecified atom stereocenters. The van der Waals surface area contributed by atoms with Gasteiger partial charge in [-0.1, -0.05) is 30.3 Å². The number of rotatable bonds is 6. The molecule has 4 rings (SSSR count). The van der Waals surface area contributed by atoms with Crippen LogP contribution in [0.5, 0.6) is 0 Å². The molecule has 1 fully saturated rings. The van der Waals surface area contributed by atoms with Crippen LogP contribution in [-0.4, -0.2) is 35.2 Å². The van der Waals surface area contributed by atoms with Crippen molar-refractivity contribution in [2.45, 2.75) is 18.9 Å². The molecular formula is C23H19FN2O4. The molecule has 3 aromatic rings. The van der Waals surface area contributed by atoms with Gasteiger partial charge in [-0.25, -0.2) is 9.29 Å². The van der Waals surface area contributed by atoms with E-state index < -0.39 is 29.6 Å². The van der Waals surface area contributed by atoms with Crippen molar-refractivity contribution in [2.24, 2.45) is 0 Å². The zero-order chi connectivity index (χ0) is 21.1. The summed E-state index contributed by atoms with van der Waals surface area (Å²) in [6.07, 6.45) is 1.76. The number of benzene rings is 2. The lowest BCUT2D eigenvalue weighted by Gasteiger charge is -2.27. The Kier molecular flexibility index (Phi) is 5.43. The molecule has 152 valence electrons. The van der Waals surface area contributed by atoms with Crippen molar-refractivity contribution >= 4 is 23.4 Å². The SMILES string of the molecule is O=C1CC(N(CCc2ccccc2)C(=O)c2ccco2)C(=O)N1c1ccc(F)cc1. The fourth-order valence-electron chi connectivity index (χ4n) is 3.56. The number of hydrogen-bond acceptors (Lipinski definition) is 4. The summed E-state index contributed by atoms with van der Waals surface area (Å²) in [6.45, 7) is 0.241. The Balaban J connectivity index is 1.61. The monoisotopic (exact) mass is 406 g/mol. The summed E-state index contributed by atoms with van der Waals surface area (Å²) in [5.74, 6) is -1.77. The van der Waals surface area contributed by atoms with Crippen molar-refractivity contribution in [3.63, 3.8) is 0 Å². The predicted molar refractivity (Wildman–Crippen MR) is 107 cm³/mol. The standard InChI is InChI=1S/C23H19FN2O4/c24-17-8-10-18(11-9-17)26-21(27)15-19(22(26)28)25(23(29)20-7-4-14-30-20)13-12-16-5-2-1-3-6-16/h1-11,14,19H,12-13,15H2. The first-order valence-electron chi connectivity index (χ1n) is 9.55. The van der Waals surface area contributed by atoms with Gasteiger partial charge >= 0.3 is 0 Å². The number of hydrogen-bond donors (Lipinski definition) is 0. The zero-order valence-electron chi connectivity index (χ0n) is 16.0. The Hall–Kier alpha value is -3.74. The van der Waals surface area contributed by atoms with Crippen LogP contribution >= 0.6 is 0 Å². The number of furan rings is 1. The number of halogens is 1. The van der Waals surface area contributed by atoms with Gasteiger partial charge in [0.05, 0.1) is 18.4 Å². The van der Waals surface area contributed by atoms with Gasteiger partial charge in [0, 0.05) is 6.54 Å². The van der Waals surface area contributed by atoms with Gasteiger partial charge < -0.3 is 9.32 Å². The third-order valence-corrected chi connectivity index (χ3v) is 5.06. The van der Waals surface area contributed by atoms with E-state index in [1.807, 2.05) is 30.3 Å². The van der Waals surface area contributed by atoms with Crippen LogP contribution < -0.4 is 4.90 Å². The maximum atomic E-state index is 13.2. The smallest absolute Gasteiger partial charge is 0.290 e. The van der Waals surface area contributed by atoms with Gasteiger partial charge in [0.25, 0.3) is 11.8 Å². The summed E-state index contributed by atoms with van der Waals surface area (Å²) in [4.78, 5) is 41.2. The van der Waals surface area contributed by atoms with Gasteiger partial charge in [-0.15, -0.1) is 0 Å². The van der Waals surface area contributed by atoms with Crippen LogP contribution in [0.15, 0.2) is 77.4 Å². The van der Waals surface area contributed by atoms with Gasteiger partial charge in [-0.3, -0.25) is 14.4 Å². The summed E-state index contributed by atoms with van der Waals surface area (Å²) in [7, 11) is 0. The average Bonchev–Trinajstić information content (AvgIpc) is 3.39. The van der Waals surface area contributed by atoms with Crippen LogP contribution in [0.3, 0.4) is 0 Å². The van der Waals surface area contributed by atoms with Crippen LogP contribution in [0.2, 0.25) is 0 Å². The highest BCUT2D eigenvalue weighted by Gasteiger charge is 2.44. The Bertz CT molecular complexity index is 1050. The van der Waals surface area contributed by atoms with Gasteiger partial charge in [0.1, 0.15) is 11.9 Å². The predicted octanol–water partition coefficient (Wildman–Crippen LogP) is 3.44. The van der Waals surface area contributed by atoms with Crippen molar-refractivity contribution in [1.82, 2.24) is 4.90 Å². The third kappa shape index (κ3) is 3.87. The van der Waals surface area contributed by atoms with E-state index in [4.69, 9.17) is 4.42 Å².